The first kappa shape index (κ1) is 22.4. The van der Waals surface area contributed by atoms with E-state index in [1.165, 1.54) is 0 Å². The van der Waals surface area contributed by atoms with Crippen LogP contribution in [0.1, 0.15) is 56.1 Å². The van der Waals surface area contributed by atoms with E-state index in [0.717, 1.165) is 81.4 Å². The third-order valence-corrected chi connectivity index (χ3v) is 6.18. The molecule has 0 atom stereocenters. The number of nitrogens with one attached hydrogen (secondary N) is 1. The minimum atomic E-state index is -4.29. The molecule has 4 nitrogen and oxygen atoms in total. The Hall–Kier alpha value is -2.33. The molecule has 30 heavy (non-hydrogen) atoms. The summed E-state index contributed by atoms with van der Waals surface area (Å²) in [5, 5.41) is 11.5. The molecule has 1 aliphatic heterocycles. The number of rotatable bonds is 6. The van der Waals surface area contributed by atoms with Crippen molar-refractivity contribution in [2.45, 2.75) is 57.2 Å². The van der Waals surface area contributed by atoms with Crippen LogP contribution < -0.4 is 5.32 Å². The maximum absolute atomic E-state index is 12.7. The van der Waals surface area contributed by atoms with E-state index in [-0.39, 0.29) is 18.4 Å². The largest absolute Gasteiger partial charge is 0.416 e. The van der Waals surface area contributed by atoms with E-state index in [0.29, 0.717) is 5.92 Å². The lowest BCUT2D eigenvalue weighted by atomic mass is 9.84. The lowest BCUT2D eigenvalue weighted by Gasteiger charge is -2.32. The highest BCUT2D eigenvalue weighted by Gasteiger charge is 2.30. The zero-order chi connectivity index (χ0) is 21.6. The molecular weight excluding hydrogens is 391 g/mol. The van der Waals surface area contributed by atoms with Crippen molar-refractivity contribution in [2.75, 3.05) is 19.6 Å². The van der Waals surface area contributed by atoms with Crippen LogP contribution in [0.25, 0.3) is 5.57 Å². The van der Waals surface area contributed by atoms with Gasteiger partial charge in [0, 0.05) is 19.1 Å². The minimum Gasteiger partial charge on any atom is -0.352 e. The Morgan fingerprint density at radius 1 is 1.17 bits per heavy atom. The summed E-state index contributed by atoms with van der Waals surface area (Å²) in [7, 11) is 0. The molecule has 0 spiro atoms. The second kappa shape index (κ2) is 10.1. The summed E-state index contributed by atoms with van der Waals surface area (Å²) in [5.41, 5.74) is 1.39. The number of carbonyl (C=O) groups excluding carboxylic acids is 1. The zero-order valence-electron chi connectivity index (χ0n) is 17.0. The van der Waals surface area contributed by atoms with E-state index in [2.05, 4.69) is 16.3 Å². The highest BCUT2D eigenvalue weighted by molar-refractivity contribution is 5.78. The van der Waals surface area contributed by atoms with Crippen LogP contribution in [0.5, 0.6) is 0 Å². The fraction of sp³-hybridized carbons (Fsp3) is 0.565. The van der Waals surface area contributed by atoms with Crippen LogP contribution in [0.15, 0.2) is 30.3 Å². The van der Waals surface area contributed by atoms with E-state index in [9.17, 15) is 18.0 Å². The predicted molar refractivity (Wildman–Crippen MR) is 109 cm³/mol. The monoisotopic (exact) mass is 419 g/mol. The molecule has 1 fully saturated rings. The quantitative estimate of drug-likeness (QED) is 0.722. The summed E-state index contributed by atoms with van der Waals surface area (Å²) in [6, 6.07) is 7.52. The fourth-order valence-corrected chi connectivity index (χ4v) is 4.36. The Bertz CT molecular complexity index is 787. The number of nitriles is 1. The van der Waals surface area contributed by atoms with Gasteiger partial charge in [0.05, 0.1) is 11.6 Å². The molecule has 2 aliphatic rings. The normalized spacial score (nSPS) is 22.8. The maximum atomic E-state index is 12.7. The average molecular weight is 419 g/mol. The molecule has 7 heteroatoms. The van der Waals surface area contributed by atoms with Crippen molar-refractivity contribution >= 4 is 11.5 Å². The van der Waals surface area contributed by atoms with Crippen LogP contribution in [0.3, 0.4) is 0 Å². The Morgan fingerprint density at radius 2 is 1.87 bits per heavy atom. The lowest BCUT2D eigenvalue weighted by molar-refractivity contribution is -0.137. The molecule has 1 N–H and O–H groups in total. The topological polar surface area (TPSA) is 56.1 Å². The third kappa shape index (κ3) is 6.33. The van der Waals surface area contributed by atoms with E-state index in [1.54, 1.807) is 12.1 Å². The van der Waals surface area contributed by atoms with Crippen LogP contribution in [0.2, 0.25) is 0 Å². The third-order valence-electron chi connectivity index (χ3n) is 6.18. The molecule has 3 rings (SSSR count). The minimum absolute atomic E-state index is 0.0726. The zero-order valence-corrected chi connectivity index (χ0v) is 17.0. The molecule has 1 amide bonds. The van der Waals surface area contributed by atoms with Gasteiger partial charge in [0.1, 0.15) is 6.42 Å². The standard InChI is InChI=1S/C23H28F3N3O/c24-23(25,26)20-5-3-18(4-6-20)19-11-15-29(16-12-19)14-10-17-1-7-21(8-2-17)28-22(30)9-13-27/h3-6,11,17,21H,1-2,7-10,12,14-16H2,(H,28,30). The maximum Gasteiger partial charge on any atom is 0.416 e. The first-order valence-electron chi connectivity index (χ1n) is 10.6. The Morgan fingerprint density at radius 3 is 2.43 bits per heavy atom. The molecule has 1 aromatic carbocycles. The van der Waals surface area contributed by atoms with E-state index in [1.807, 2.05) is 6.07 Å². The smallest absolute Gasteiger partial charge is 0.352 e. The van der Waals surface area contributed by atoms with E-state index >= 15 is 0 Å². The van der Waals surface area contributed by atoms with Crippen molar-refractivity contribution in [1.29, 1.82) is 5.26 Å². The number of carbonyl (C=O) groups is 1. The molecule has 0 saturated heterocycles. The van der Waals surface area contributed by atoms with Crippen molar-refractivity contribution < 1.29 is 18.0 Å². The van der Waals surface area contributed by atoms with E-state index in [4.69, 9.17) is 5.26 Å². The molecule has 1 aromatic rings. The van der Waals surface area contributed by atoms with Gasteiger partial charge in [0.25, 0.3) is 0 Å². The van der Waals surface area contributed by atoms with Crippen molar-refractivity contribution in [2.24, 2.45) is 5.92 Å². The number of halogens is 3. The lowest BCUT2D eigenvalue weighted by Crippen LogP contribution is -2.38. The number of nitrogens with zero attached hydrogens (tertiary/aromatic N) is 2. The molecular formula is C23H28F3N3O. The van der Waals surface area contributed by atoms with Gasteiger partial charge in [-0.05, 0) is 74.3 Å². The van der Waals surface area contributed by atoms with Crippen LogP contribution in [0, 0.1) is 17.2 Å². The Balaban J connectivity index is 1.39. The van der Waals surface area contributed by atoms with Gasteiger partial charge in [-0.25, -0.2) is 0 Å². The molecule has 162 valence electrons. The highest BCUT2D eigenvalue weighted by atomic mass is 19.4. The summed E-state index contributed by atoms with van der Waals surface area (Å²) >= 11 is 0. The van der Waals surface area contributed by atoms with Crippen LogP contribution >= 0.6 is 0 Å². The number of hydrogen-bond acceptors (Lipinski definition) is 3. The number of amides is 1. The second-order valence-electron chi connectivity index (χ2n) is 8.26. The van der Waals surface area contributed by atoms with Gasteiger partial charge in [0.2, 0.25) is 5.91 Å². The van der Waals surface area contributed by atoms with Gasteiger partial charge >= 0.3 is 6.18 Å². The van der Waals surface area contributed by atoms with Crippen LogP contribution in [0.4, 0.5) is 13.2 Å². The predicted octanol–water partition coefficient (Wildman–Crippen LogP) is 4.77. The number of hydrogen-bond donors (Lipinski definition) is 1. The Labute approximate surface area is 175 Å². The van der Waals surface area contributed by atoms with Crippen molar-refractivity contribution in [3.8, 4) is 6.07 Å². The van der Waals surface area contributed by atoms with Crippen molar-refractivity contribution in [3.05, 3.63) is 41.5 Å². The summed E-state index contributed by atoms with van der Waals surface area (Å²) in [5.74, 6) is 0.485. The number of alkyl halides is 3. The van der Waals surface area contributed by atoms with Gasteiger partial charge in [-0.1, -0.05) is 18.2 Å². The summed E-state index contributed by atoms with van der Waals surface area (Å²) in [6.07, 6.45) is 3.88. The van der Waals surface area contributed by atoms with Crippen LogP contribution in [-0.2, 0) is 11.0 Å². The molecule has 0 unspecified atom stereocenters. The Kier molecular flexibility index (Phi) is 7.54. The average Bonchev–Trinajstić information content (AvgIpc) is 2.73. The molecule has 1 aliphatic carbocycles. The molecule has 0 aromatic heterocycles. The number of benzene rings is 1. The SMILES string of the molecule is N#CCC(=O)NC1CCC(CCN2CC=C(c3ccc(C(F)(F)F)cc3)CC2)CC1. The summed E-state index contributed by atoms with van der Waals surface area (Å²) < 4.78 is 38.1. The highest BCUT2D eigenvalue weighted by Crippen LogP contribution is 2.31. The van der Waals surface area contributed by atoms with Gasteiger partial charge in [-0.3, -0.25) is 9.69 Å². The van der Waals surface area contributed by atoms with Crippen molar-refractivity contribution in [3.63, 3.8) is 0 Å². The van der Waals surface area contributed by atoms with Gasteiger partial charge in [0.15, 0.2) is 0 Å². The van der Waals surface area contributed by atoms with Crippen molar-refractivity contribution in [1.82, 2.24) is 10.2 Å². The molecule has 1 heterocycles. The molecule has 0 radical (unpaired) electrons. The van der Waals surface area contributed by atoms with Gasteiger partial charge in [-0.15, -0.1) is 0 Å². The van der Waals surface area contributed by atoms with E-state index < -0.39 is 11.7 Å². The van der Waals surface area contributed by atoms with Gasteiger partial charge < -0.3 is 5.32 Å². The molecule has 0 bridgehead atoms. The summed E-state index contributed by atoms with van der Waals surface area (Å²) in [4.78, 5) is 13.9. The van der Waals surface area contributed by atoms with Gasteiger partial charge in [-0.2, -0.15) is 18.4 Å². The first-order chi connectivity index (χ1) is 14.3. The second-order valence-corrected chi connectivity index (χ2v) is 8.26. The molecule has 1 saturated carbocycles. The van der Waals surface area contributed by atoms with Crippen LogP contribution in [-0.4, -0.2) is 36.5 Å². The summed E-state index contributed by atoms with van der Waals surface area (Å²) in [6.45, 7) is 2.77. The fourth-order valence-electron chi connectivity index (χ4n) is 4.36. The first-order valence-corrected chi connectivity index (χ1v) is 10.6.